The van der Waals surface area contributed by atoms with Crippen LogP contribution in [0.5, 0.6) is 5.75 Å². The monoisotopic (exact) mass is 283 g/mol. The number of aliphatic hydroxyl groups excluding tert-OH is 1. The molecule has 0 saturated heterocycles. The van der Waals surface area contributed by atoms with E-state index in [0.29, 0.717) is 0 Å². The van der Waals surface area contributed by atoms with Gasteiger partial charge in [-0.1, -0.05) is 12.1 Å². The molecule has 2 aromatic rings. The van der Waals surface area contributed by atoms with Crippen LogP contribution in [0.1, 0.15) is 29.5 Å². The molecule has 0 fully saturated rings. The minimum atomic E-state index is -0.248. The molecule has 1 aromatic heterocycles. The molecule has 21 heavy (non-hydrogen) atoms. The molecule has 0 amide bonds. The summed E-state index contributed by atoms with van der Waals surface area (Å²) in [6, 6.07) is 10.4. The molecule has 0 radical (unpaired) electrons. The van der Waals surface area contributed by atoms with Gasteiger partial charge >= 0.3 is 0 Å². The average Bonchev–Trinajstić information content (AvgIpc) is 2.99. The van der Waals surface area contributed by atoms with Crippen LogP contribution in [0.2, 0.25) is 0 Å². The topological polar surface area (TPSA) is 42.4 Å². The lowest BCUT2D eigenvalue weighted by Gasteiger charge is -2.11. The Hall–Kier alpha value is -1.87. The second kappa shape index (κ2) is 6.72. The van der Waals surface area contributed by atoms with E-state index in [1.807, 2.05) is 12.1 Å². The maximum absolute atomic E-state index is 10.1. The average molecular weight is 283 g/mol. The molecule has 3 nitrogen and oxygen atoms in total. The van der Waals surface area contributed by atoms with Gasteiger partial charge in [0.25, 0.3) is 0 Å². The van der Waals surface area contributed by atoms with Crippen LogP contribution in [0.4, 0.5) is 0 Å². The summed E-state index contributed by atoms with van der Waals surface area (Å²) in [7, 11) is 0. The predicted octanol–water partition coefficient (Wildman–Crippen LogP) is 2.94. The highest BCUT2D eigenvalue weighted by atomic mass is 16.5. The van der Waals surface area contributed by atoms with Crippen LogP contribution < -0.4 is 4.74 Å². The zero-order valence-corrected chi connectivity index (χ0v) is 12.2. The van der Waals surface area contributed by atoms with Crippen LogP contribution >= 0.6 is 0 Å². The van der Waals surface area contributed by atoms with Crippen LogP contribution in [-0.4, -0.2) is 22.8 Å². The first-order valence-electron chi connectivity index (χ1n) is 7.63. The first kappa shape index (κ1) is 14.1. The zero-order chi connectivity index (χ0) is 14.5. The zero-order valence-electron chi connectivity index (χ0n) is 12.2. The molecule has 1 N–H and O–H groups in total. The lowest BCUT2D eigenvalue weighted by molar-refractivity contribution is 0.155. The minimum absolute atomic E-state index is 0.248. The summed E-state index contributed by atoms with van der Waals surface area (Å²) < 4.78 is 5.51. The Morgan fingerprint density at radius 2 is 1.81 bits per heavy atom. The lowest BCUT2D eigenvalue weighted by Crippen LogP contribution is -2.09. The number of aromatic nitrogens is 1. The molecule has 1 aliphatic rings. The fourth-order valence-corrected chi connectivity index (χ4v) is 2.76. The molecule has 1 unspecified atom stereocenters. The predicted molar refractivity (Wildman–Crippen MR) is 82.5 cm³/mol. The first-order valence-corrected chi connectivity index (χ1v) is 7.63. The van der Waals surface area contributed by atoms with E-state index in [1.54, 1.807) is 12.4 Å². The molecular formula is C18H21NO2. The number of benzene rings is 1. The third-order valence-corrected chi connectivity index (χ3v) is 4.04. The van der Waals surface area contributed by atoms with E-state index >= 15 is 0 Å². The molecule has 0 bridgehead atoms. The smallest absolute Gasteiger partial charge is 0.122 e. The van der Waals surface area contributed by atoms with E-state index in [0.717, 1.165) is 44.5 Å². The summed E-state index contributed by atoms with van der Waals surface area (Å²) in [5, 5.41) is 10.1. The fourth-order valence-electron chi connectivity index (χ4n) is 2.76. The summed E-state index contributed by atoms with van der Waals surface area (Å²) in [6.45, 7) is 0.799. The lowest BCUT2D eigenvalue weighted by atomic mass is 10.00. The van der Waals surface area contributed by atoms with Gasteiger partial charge in [0.1, 0.15) is 5.75 Å². The van der Waals surface area contributed by atoms with Crippen molar-refractivity contribution in [2.45, 2.75) is 38.2 Å². The Bertz CT molecular complexity index is 583. The number of nitrogens with zero attached hydrogens (tertiary/aromatic N) is 1. The van der Waals surface area contributed by atoms with Crippen LogP contribution in [0.15, 0.2) is 42.7 Å². The van der Waals surface area contributed by atoms with Crippen molar-refractivity contribution in [2.24, 2.45) is 0 Å². The maximum Gasteiger partial charge on any atom is 0.122 e. The van der Waals surface area contributed by atoms with Crippen molar-refractivity contribution in [1.82, 2.24) is 4.98 Å². The normalized spacial score (nSPS) is 14.5. The summed E-state index contributed by atoms with van der Waals surface area (Å²) in [5.41, 5.74) is 3.83. The third-order valence-electron chi connectivity index (χ3n) is 4.04. The van der Waals surface area contributed by atoms with Crippen molar-refractivity contribution >= 4 is 0 Å². The van der Waals surface area contributed by atoms with E-state index in [2.05, 4.69) is 23.2 Å². The summed E-state index contributed by atoms with van der Waals surface area (Å²) >= 11 is 0. The number of aliphatic hydroxyl groups is 1. The Morgan fingerprint density at radius 1 is 1.05 bits per heavy atom. The maximum atomic E-state index is 10.1. The molecular weight excluding hydrogens is 262 g/mol. The van der Waals surface area contributed by atoms with Gasteiger partial charge in [-0.25, -0.2) is 0 Å². The van der Waals surface area contributed by atoms with Gasteiger partial charge in [-0.05, 0) is 60.6 Å². The first-order chi connectivity index (χ1) is 10.3. The molecule has 0 saturated carbocycles. The molecule has 1 aliphatic heterocycles. The van der Waals surface area contributed by atoms with Crippen LogP contribution in [0.3, 0.4) is 0 Å². The molecule has 3 rings (SSSR count). The van der Waals surface area contributed by atoms with Gasteiger partial charge in [-0.2, -0.15) is 0 Å². The van der Waals surface area contributed by atoms with Crippen molar-refractivity contribution in [2.75, 3.05) is 6.61 Å². The molecule has 2 heterocycles. The van der Waals surface area contributed by atoms with Crippen molar-refractivity contribution < 1.29 is 9.84 Å². The van der Waals surface area contributed by atoms with E-state index in [4.69, 9.17) is 4.74 Å². The number of hydrogen-bond donors (Lipinski definition) is 1. The van der Waals surface area contributed by atoms with Gasteiger partial charge in [0.05, 0.1) is 12.7 Å². The minimum Gasteiger partial charge on any atom is -0.493 e. The van der Waals surface area contributed by atoms with Crippen LogP contribution in [0.25, 0.3) is 0 Å². The number of rotatable bonds is 6. The van der Waals surface area contributed by atoms with Crippen molar-refractivity contribution in [3.8, 4) is 5.75 Å². The molecule has 0 aliphatic carbocycles. The molecule has 0 spiro atoms. The Kier molecular flexibility index (Phi) is 4.51. The van der Waals surface area contributed by atoms with E-state index in [-0.39, 0.29) is 6.10 Å². The number of aryl methyl sites for hydroxylation is 2. The highest BCUT2D eigenvalue weighted by Crippen LogP contribution is 2.26. The highest BCUT2D eigenvalue weighted by Gasteiger charge is 2.12. The van der Waals surface area contributed by atoms with Gasteiger partial charge in [-0.3, -0.25) is 4.98 Å². The van der Waals surface area contributed by atoms with Crippen LogP contribution in [0, 0.1) is 0 Å². The summed E-state index contributed by atoms with van der Waals surface area (Å²) in [6.07, 6.45) is 7.80. The third kappa shape index (κ3) is 3.82. The number of pyridine rings is 1. The van der Waals surface area contributed by atoms with Gasteiger partial charge < -0.3 is 9.84 Å². The van der Waals surface area contributed by atoms with E-state index in [9.17, 15) is 5.11 Å². The Morgan fingerprint density at radius 3 is 2.62 bits per heavy atom. The second-order valence-electron chi connectivity index (χ2n) is 5.63. The summed E-state index contributed by atoms with van der Waals surface area (Å²) in [4.78, 5) is 4.00. The molecule has 1 aromatic carbocycles. The number of fused-ring (bicyclic) bond motifs is 1. The van der Waals surface area contributed by atoms with Crippen molar-refractivity contribution in [3.05, 3.63) is 59.4 Å². The standard InChI is InChI=1S/C18H21NO2/c20-17(4-1-14-7-10-19-11-8-14)5-2-15-3-6-18-16(13-15)9-12-21-18/h3,6-8,10-11,13,17,20H,1-2,4-5,9,12H2. The largest absolute Gasteiger partial charge is 0.493 e. The molecule has 3 heteroatoms. The fraction of sp³-hybridized carbons (Fsp3) is 0.389. The van der Waals surface area contributed by atoms with Crippen LogP contribution in [-0.2, 0) is 19.3 Å². The van der Waals surface area contributed by atoms with Gasteiger partial charge in [-0.15, -0.1) is 0 Å². The Labute approximate surface area is 125 Å². The highest BCUT2D eigenvalue weighted by molar-refractivity contribution is 5.39. The van der Waals surface area contributed by atoms with E-state index < -0.39 is 0 Å². The SMILES string of the molecule is OC(CCc1ccncc1)CCc1ccc2c(c1)CCO2. The number of hydrogen-bond acceptors (Lipinski definition) is 3. The second-order valence-corrected chi connectivity index (χ2v) is 5.63. The molecule has 110 valence electrons. The van der Waals surface area contributed by atoms with Crippen molar-refractivity contribution in [3.63, 3.8) is 0 Å². The quantitative estimate of drug-likeness (QED) is 0.886. The van der Waals surface area contributed by atoms with Gasteiger partial charge in [0, 0.05) is 18.8 Å². The van der Waals surface area contributed by atoms with Crippen molar-refractivity contribution in [1.29, 1.82) is 0 Å². The Balaban J connectivity index is 1.46. The summed E-state index contributed by atoms with van der Waals surface area (Å²) in [5.74, 6) is 1.02. The van der Waals surface area contributed by atoms with E-state index in [1.165, 1.54) is 16.7 Å². The van der Waals surface area contributed by atoms with Gasteiger partial charge in [0.2, 0.25) is 0 Å². The number of ether oxygens (including phenoxy) is 1. The van der Waals surface area contributed by atoms with Gasteiger partial charge in [0.15, 0.2) is 0 Å². The molecule has 1 atom stereocenters.